The van der Waals surface area contributed by atoms with E-state index >= 15 is 0 Å². The zero-order valence-corrected chi connectivity index (χ0v) is 13.6. The predicted octanol–water partition coefficient (Wildman–Crippen LogP) is 4.68. The third kappa shape index (κ3) is 5.04. The van der Waals surface area contributed by atoms with E-state index in [1.807, 2.05) is 48.5 Å². The first-order valence-electron chi connectivity index (χ1n) is 5.57. The van der Waals surface area contributed by atoms with Gasteiger partial charge in [0, 0.05) is 19.2 Å². The van der Waals surface area contributed by atoms with E-state index in [-0.39, 0.29) is 5.91 Å². The van der Waals surface area contributed by atoms with Gasteiger partial charge in [0.15, 0.2) is 0 Å². The van der Waals surface area contributed by atoms with Crippen molar-refractivity contribution in [2.75, 3.05) is 11.1 Å². The lowest BCUT2D eigenvalue weighted by atomic mass is 10.3. The molecule has 0 aromatic heterocycles. The zero-order chi connectivity index (χ0) is 13.7. The Kier molecular flexibility index (Phi) is 5.54. The van der Waals surface area contributed by atoms with E-state index in [1.54, 1.807) is 0 Å². The second-order valence-corrected chi connectivity index (χ2v) is 6.53. The monoisotopic (exact) mass is 403 g/mol. The number of halogens is 2. The molecule has 0 bridgehead atoms. The van der Waals surface area contributed by atoms with E-state index in [4.69, 9.17) is 11.6 Å². The smallest absolute Gasteiger partial charge is 0.234 e. The van der Waals surface area contributed by atoms with Crippen LogP contribution in [0.3, 0.4) is 0 Å². The topological polar surface area (TPSA) is 29.1 Å². The summed E-state index contributed by atoms with van der Waals surface area (Å²) in [5.41, 5.74) is 0.821. The lowest BCUT2D eigenvalue weighted by Gasteiger charge is -2.05. The number of benzene rings is 2. The van der Waals surface area contributed by atoms with Gasteiger partial charge in [0.05, 0.1) is 5.75 Å². The predicted molar refractivity (Wildman–Crippen MR) is 90.0 cm³/mol. The minimum absolute atomic E-state index is 0.0128. The minimum atomic E-state index is -0.0128. The van der Waals surface area contributed by atoms with Gasteiger partial charge in [-0.15, -0.1) is 11.8 Å². The van der Waals surface area contributed by atoms with Crippen LogP contribution in [0.5, 0.6) is 0 Å². The average Bonchev–Trinajstić information content (AvgIpc) is 2.41. The van der Waals surface area contributed by atoms with Crippen molar-refractivity contribution in [3.05, 3.63) is 57.1 Å². The molecule has 0 aliphatic heterocycles. The number of hydrogen-bond acceptors (Lipinski definition) is 2. The summed E-state index contributed by atoms with van der Waals surface area (Å²) < 4.78 is 1.14. The first-order valence-corrected chi connectivity index (χ1v) is 8.01. The maximum atomic E-state index is 11.8. The molecule has 1 N–H and O–H groups in total. The van der Waals surface area contributed by atoms with Crippen molar-refractivity contribution >= 4 is 57.5 Å². The standard InChI is InChI=1S/C14H11ClINOS/c15-10-1-7-13(8-2-10)19-9-14(18)17-12-5-3-11(16)4-6-12/h1-8H,9H2,(H,17,18). The molecule has 0 saturated carbocycles. The molecule has 1 amide bonds. The Hall–Kier alpha value is -0.720. The van der Waals surface area contributed by atoms with Crippen molar-refractivity contribution in [3.63, 3.8) is 0 Å². The Morgan fingerprint density at radius 2 is 1.74 bits per heavy atom. The second-order valence-electron chi connectivity index (χ2n) is 3.80. The molecule has 98 valence electrons. The highest BCUT2D eigenvalue weighted by Crippen LogP contribution is 2.20. The van der Waals surface area contributed by atoms with Crippen LogP contribution in [0.1, 0.15) is 0 Å². The summed E-state index contributed by atoms with van der Waals surface area (Å²) in [4.78, 5) is 12.8. The highest BCUT2D eigenvalue weighted by molar-refractivity contribution is 14.1. The molecule has 2 aromatic rings. The third-order valence-corrected chi connectivity index (χ3v) is 4.29. The molecule has 0 unspecified atom stereocenters. The Balaban J connectivity index is 1.84. The van der Waals surface area contributed by atoms with Crippen LogP contribution < -0.4 is 5.32 Å². The number of hydrogen-bond donors (Lipinski definition) is 1. The fourth-order valence-corrected chi connectivity index (χ4v) is 2.59. The first kappa shape index (κ1) is 14.7. The number of carbonyl (C=O) groups excluding carboxylic acids is 1. The zero-order valence-electron chi connectivity index (χ0n) is 9.90. The fourth-order valence-electron chi connectivity index (χ4n) is 1.41. The molecule has 0 radical (unpaired) electrons. The summed E-state index contributed by atoms with van der Waals surface area (Å²) in [7, 11) is 0. The molecule has 0 atom stereocenters. The van der Waals surface area contributed by atoms with Crippen molar-refractivity contribution in [1.29, 1.82) is 0 Å². The van der Waals surface area contributed by atoms with Crippen molar-refractivity contribution in [3.8, 4) is 0 Å². The number of thioether (sulfide) groups is 1. The Labute approximate surface area is 135 Å². The van der Waals surface area contributed by atoms with Gasteiger partial charge < -0.3 is 5.32 Å². The molecule has 2 aromatic carbocycles. The molecule has 0 fully saturated rings. The van der Waals surface area contributed by atoms with Crippen LogP contribution in [0, 0.1) is 3.57 Å². The van der Waals surface area contributed by atoms with E-state index in [0.717, 1.165) is 14.2 Å². The molecule has 0 aliphatic rings. The van der Waals surface area contributed by atoms with Crippen LogP contribution in [-0.4, -0.2) is 11.7 Å². The lowest BCUT2D eigenvalue weighted by molar-refractivity contribution is -0.113. The number of anilines is 1. The van der Waals surface area contributed by atoms with Gasteiger partial charge in [0.25, 0.3) is 0 Å². The normalized spacial score (nSPS) is 10.2. The van der Waals surface area contributed by atoms with Gasteiger partial charge in [0.2, 0.25) is 5.91 Å². The summed E-state index contributed by atoms with van der Waals surface area (Å²) >= 11 is 9.52. The number of carbonyl (C=O) groups is 1. The summed E-state index contributed by atoms with van der Waals surface area (Å²) in [5, 5.41) is 3.56. The Morgan fingerprint density at radius 3 is 2.37 bits per heavy atom. The van der Waals surface area contributed by atoms with Crippen molar-refractivity contribution in [2.45, 2.75) is 4.90 Å². The van der Waals surface area contributed by atoms with Crippen LogP contribution in [0.25, 0.3) is 0 Å². The van der Waals surface area contributed by atoms with E-state index in [1.165, 1.54) is 11.8 Å². The Bertz CT molecular complexity index is 557. The molecule has 19 heavy (non-hydrogen) atoms. The number of rotatable bonds is 4. The van der Waals surface area contributed by atoms with Gasteiger partial charge in [0.1, 0.15) is 0 Å². The van der Waals surface area contributed by atoms with Gasteiger partial charge in [-0.3, -0.25) is 4.79 Å². The molecule has 0 saturated heterocycles. The quantitative estimate of drug-likeness (QED) is 0.593. The van der Waals surface area contributed by atoms with Gasteiger partial charge in [-0.1, -0.05) is 11.6 Å². The molecular weight excluding hydrogens is 393 g/mol. The maximum Gasteiger partial charge on any atom is 0.234 e. The van der Waals surface area contributed by atoms with Crippen LogP contribution >= 0.6 is 46.0 Å². The van der Waals surface area contributed by atoms with E-state index in [0.29, 0.717) is 10.8 Å². The fraction of sp³-hybridized carbons (Fsp3) is 0.0714. The van der Waals surface area contributed by atoms with Crippen molar-refractivity contribution < 1.29 is 4.79 Å². The maximum absolute atomic E-state index is 11.8. The van der Waals surface area contributed by atoms with E-state index in [2.05, 4.69) is 27.9 Å². The number of nitrogens with one attached hydrogen (secondary N) is 1. The molecular formula is C14H11ClINOS. The summed E-state index contributed by atoms with van der Waals surface area (Å²) in [6, 6.07) is 15.2. The van der Waals surface area contributed by atoms with Crippen LogP contribution in [-0.2, 0) is 4.79 Å². The molecule has 0 heterocycles. The van der Waals surface area contributed by atoms with Crippen LogP contribution in [0.15, 0.2) is 53.4 Å². The largest absolute Gasteiger partial charge is 0.325 e. The van der Waals surface area contributed by atoms with Gasteiger partial charge in [-0.25, -0.2) is 0 Å². The highest BCUT2D eigenvalue weighted by atomic mass is 127. The molecule has 2 rings (SSSR count). The van der Waals surface area contributed by atoms with E-state index < -0.39 is 0 Å². The average molecular weight is 404 g/mol. The van der Waals surface area contributed by atoms with E-state index in [9.17, 15) is 4.79 Å². The first-order chi connectivity index (χ1) is 9.13. The highest BCUT2D eigenvalue weighted by Gasteiger charge is 2.03. The molecule has 0 spiro atoms. The van der Waals surface area contributed by atoms with Gasteiger partial charge in [-0.05, 0) is 71.1 Å². The van der Waals surface area contributed by atoms with Gasteiger partial charge in [-0.2, -0.15) is 0 Å². The molecule has 0 aliphatic carbocycles. The SMILES string of the molecule is O=C(CSc1ccc(Cl)cc1)Nc1ccc(I)cc1. The second kappa shape index (κ2) is 7.17. The summed E-state index contributed by atoms with van der Waals surface area (Å²) in [5.74, 6) is 0.370. The third-order valence-electron chi connectivity index (χ3n) is 2.31. The molecule has 5 heteroatoms. The van der Waals surface area contributed by atoms with Crippen LogP contribution in [0.4, 0.5) is 5.69 Å². The minimum Gasteiger partial charge on any atom is -0.325 e. The molecule has 2 nitrogen and oxygen atoms in total. The summed E-state index contributed by atoms with van der Waals surface area (Å²) in [6.45, 7) is 0. The Morgan fingerprint density at radius 1 is 1.11 bits per heavy atom. The van der Waals surface area contributed by atoms with Crippen molar-refractivity contribution in [2.24, 2.45) is 0 Å². The summed E-state index contributed by atoms with van der Waals surface area (Å²) in [6.07, 6.45) is 0. The lowest BCUT2D eigenvalue weighted by Crippen LogP contribution is -2.13. The van der Waals surface area contributed by atoms with Crippen LogP contribution in [0.2, 0.25) is 5.02 Å². The van der Waals surface area contributed by atoms with Crippen molar-refractivity contribution in [1.82, 2.24) is 0 Å². The van der Waals surface area contributed by atoms with Gasteiger partial charge >= 0.3 is 0 Å². The number of amides is 1.